The summed E-state index contributed by atoms with van der Waals surface area (Å²) in [6.07, 6.45) is 0. The van der Waals surface area contributed by atoms with Crippen molar-refractivity contribution in [3.8, 4) is 0 Å². The summed E-state index contributed by atoms with van der Waals surface area (Å²) in [5.41, 5.74) is 7.53. The Hall–Kier alpha value is -2.04. The second-order valence-electron chi connectivity index (χ2n) is 2.47. The predicted molar refractivity (Wildman–Crippen MR) is 50.9 cm³/mol. The van der Waals surface area contributed by atoms with E-state index in [1.165, 1.54) is 0 Å². The van der Waals surface area contributed by atoms with Crippen LogP contribution in [0.2, 0.25) is 0 Å². The number of para-hydroxylation sites is 1. The summed E-state index contributed by atoms with van der Waals surface area (Å²) in [6.45, 7) is 2.00. The second-order valence-corrected chi connectivity index (χ2v) is 2.47. The first-order valence-corrected chi connectivity index (χ1v) is 3.72. The molecule has 4 N–H and O–H groups in total. The highest BCUT2D eigenvalue weighted by atomic mass is 16.4. The van der Waals surface area contributed by atoms with Gasteiger partial charge < -0.3 is 15.9 Å². The van der Waals surface area contributed by atoms with Crippen LogP contribution in [0, 0.1) is 6.92 Å². The van der Waals surface area contributed by atoms with Crippen LogP contribution in [0.3, 0.4) is 0 Å². The third-order valence-corrected chi connectivity index (χ3v) is 1.37. The van der Waals surface area contributed by atoms with E-state index in [0.29, 0.717) is 0 Å². The van der Waals surface area contributed by atoms with E-state index >= 15 is 0 Å². The molecular formula is C9H11NO4. The lowest BCUT2D eigenvalue weighted by Gasteiger charge is -1.93. The quantitative estimate of drug-likeness (QED) is 0.420. The van der Waals surface area contributed by atoms with E-state index in [1.54, 1.807) is 0 Å². The van der Waals surface area contributed by atoms with E-state index in [0.717, 1.165) is 11.3 Å². The summed E-state index contributed by atoms with van der Waals surface area (Å²) in [4.78, 5) is 18.2. The van der Waals surface area contributed by atoms with E-state index in [-0.39, 0.29) is 0 Å². The number of nitrogen functional groups attached to an aromatic ring is 1. The maximum atomic E-state index is 9.10. The number of aliphatic carboxylic acids is 2. The molecule has 0 bridgehead atoms. The van der Waals surface area contributed by atoms with Crippen LogP contribution in [0.15, 0.2) is 24.3 Å². The minimum absolute atomic E-state index is 0.868. The third kappa shape index (κ3) is 4.76. The average Bonchev–Trinajstić information content (AvgIpc) is 2.11. The van der Waals surface area contributed by atoms with Crippen molar-refractivity contribution in [1.82, 2.24) is 0 Å². The molecule has 0 saturated heterocycles. The smallest absolute Gasteiger partial charge is 0.414 e. The molecule has 0 aliphatic rings. The molecule has 0 radical (unpaired) electrons. The molecule has 0 aliphatic heterocycles. The van der Waals surface area contributed by atoms with Crippen molar-refractivity contribution in [2.45, 2.75) is 6.92 Å². The minimum atomic E-state index is -1.82. The fraction of sp³-hybridized carbons (Fsp3) is 0.111. The summed E-state index contributed by atoms with van der Waals surface area (Å²) in [7, 11) is 0. The van der Waals surface area contributed by atoms with Gasteiger partial charge in [0.2, 0.25) is 0 Å². The van der Waals surface area contributed by atoms with Gasteiger partial charge in [0.25, 0.3) is 0 Å². The minimum Gasteiger partial charge on any atom is -0.473 e. The molecule has 5 heteroatoms. The molecule has 0 amide bonds. The Kier molecular flexibility index (Phi) is 4.77. The number of anilines is 1. The van der Waals surface area contributed by atoms with Gasteiger partial charge in [-0.3, -0.25) is 0 Å². The van der Waals surface area contributed by atoms with Gasteiger partial charge in [0.1, 0.15) is 0 Å². The number of hydrogen-bond acceptors (Lipinski definition) is 3. The second kappa shape index (κ2) is 5.58. The highest BCUT2D eigenvalue weighted by Gasteiger charge is 2.04. The molecule has 76 valence electrons. The maximum Gasteiger partial charge on any atom is 0.414 e. The lowest BCUT2D eigenvalue weighted by Crippen LogP contribution is -2.09. The standard InChI is InChI=1S/C7H9N.C2H2O4/c1-6-4-2-3-5-7(6)8;3-1(4)2(5)6/h2-5H,8H2,1H3;(H,3,4)(H,5,6). The van der Waals surface area contributed by atoms with Gasteiger partial charge in [0, 0.05) is 5.69 Å². The van der Waals surface area contributed by atoms with Crippen LogP contribution in [0.25, 0.3) is 0 Å². The maximum absolute atomic E-state index is 9.10. The van der Waals surface area contributed by atoms with Gasteiger partial charge in [0.05, 0.1) is 0 Å². The van der Waals surface area contributed by atoms with Crippen molar-refractivity contribution in [3.63, 3.8) is 0 Å². The Balaban J connectivity index is 0.000000255. The van der Waals surface area contributed by atoms with Crippen molar-refractivity contribution in [2.75, 3.05) is 5.73 Å². The van der Waals surface area contributed by atoms with E-state index in [4.69, 9.17) is 25.5 Å². The zero-order chi connectivity index (χ0) is 11.1. The molecule has 0 saturated carbocycles. The average molecular weight is 197 g/mol. The number of aryl methyl sites for hydroxylation is 1. The Morgan fingerprint density at radius 2 is 1.57 bits per heavy atom. The van der Waals surface area contributed by atoms with Gasteiger partial charge in [-0.25, -0.2) is 9.59 Å². The molecule has 0 aliphatic carbocycles. The van der Waals surface area contributed by atoms with Crippen molar-refractivity contribution < 1.29 is 19.8 Å². The van der Waals surface area contributed by atoms with Crippen molar-refractivity contribution in [2.24, 2.45) is 0 Å². The van der Waals surface area contributed by atoms with E-state index in [2.05, 4.69) is 0 Å². The van der Waals surface area contributed by atoms with Gasteiger partial charge in [-0.1, -0.05) is 18.2 Å². The van der Waals surface area contributed by atoms with Crippen molar-refractivity contribution in [1.29, 1.82) is 0 Å². The van der Waals surface area contributed by atoms with E-state index < -0.39 is 11.9 Å². The number of hydrogen-bond donors (Lipinski definition) is 3. The molecule has 0 fully saturated rings. The number of benzene rings is 1. The van der Waals surface area contributed by atoms with Crippen LogP contribution in [-0.4, -0.2) is 22.2 Å². The summed E-state index contributed by atoms with van der Waals surface area (Å²) in [5, 5.41) is 14.8. The van der Waals surface area contributed by atoms with Crippen LogP contribution in [-0.2, 0) is 9.59 Å². The van der Waals surface area contributed by atoms with Gasteiger partial charge in [-0.05, 0) is 18.6 Å². The number of carboxylic acids is 2. The summed E-state index contributed by atoms with van der Waals surface area (Å²) in [6, 6.07) is 7.80. The zero-order valence-corrected chi connectivity index (χ0v) is 7.60. The van der Waals surface area contributed by atoms with Gasteiger partial charge in [0.15, 0.2) is 0 Å². The molecule has 1 aromatic rings. The number of carboxylic acid groups (broad SMARTS) is 2. The summed E-state index contributed by atoms with van der Waals surface area (Å²) < 4.78 is 0. The fourth-order valence-electron chi connectivity index (χ4n) is 0.587. The molecule has 5 nitrogen and oxygen atoms in total. The normalized spacial score (nSPS) is 8.36. The first-order valence-electron chi connectivity index (χ1n) is 3.72. The molecule has 1 aromatic carbocycles. The largest absolute Gasteiger partial charge is 0.473 e. The number of nitrogens with two attached hydrogens (primary N) is 1. The molecule has 0 heterocycles. The molecule has 14 heavy (non-hydrogen) atoms. The first-order chi connectivity index (χ1) is 6.45. The number of carbonyl (C=O) groups is 2. The van der Waals surface area contributed by atoms with E-state index in [1.807, 2.05) is 31.2 Å². The Bertz CT molecular complexity index is 302. The first kappa shape index (κ1) is 12.0. The zero-order valence-electron chi connectivity index (χ0n) is 7.60. The van der Waals surface area contributed by atoms with Crippen LogP contribution >= 0.6 is 0 Å². The summed E-state index contributed by atoms with van der Waals surface area (Å²) >= 11 is 0. The highest BCUT2D eigenvalue weighted by Crippen LogP contribution is 2.06. The lowest BCUT2D eigenvalue weighted by molar-refractivity contribution is -0.159. The molecule has 0 aromatic heterocycles. The van der Waals surface area contributed by atoms with Gasteiger partial charge in [-0.2, -0.15) is 0 Å². The topological polar surface area (TPSA) is 101 Å². The third-order valence-electron chi connectivity index (χ3n) is 1.37. The van der Waals surface area contributed by atoms with E-state index in [9.17, 15) is 0 Å². The Morgan fingerprint density at radius 3 is 1.79 bits per heavy atom. The SMILES string of the molecule is Cc1ccccc1N.O=C(O)C(=O)O. The van der Waals surface area contributed by atoms with Crippen molar-refractivity contribution >= 4 is 17.6 Å². The molecule has 0 atom stereocenters. The fourth-order valence-corrected chi connectivity index (χ4v) is 0.587. The molecule has 1 rings (SSSR count). The van der Waals surface area contributed by atoms with Crippen LogP contribution in [0.5, 0.6) is 0 Å². The molecule has 0 spiro atoms. The lowest BCUT2D eigenvalue weighted by atomic mass is 10.2. The Labute approximate surface area is 80.8 Å². The predicted octanol–water partition coefficient (Wildman–Crippen LogP) is 0.733. The van der Waals surface area contributed by atoms with Crippen LogP contribution in [0.1, 0.15) is 5.56 Å². The number of rotatable bonds is 0. The van der Waals surface area contributed by atoms with Crippen LogP contribution in [0.4, 0.5) is 5.69 Å². The monoisotopic (exact) mass is 197 g/mol. The highest BCUT2D eigenvalue weighted by molar-refractivity contribution is 6.27. The summed E-state index contributed by atoms with van der Waals surface area (Å²) in [5.74, 6) is -3.65. The Morgan fingerprint density at radius 1 is 1.14 bits per heavy atom. The van der Waals surface area contributed by atoms with Crippen molar-refractivity contribution in [3.05, 3.63) is 29.8 Å². The van der Waals surface area contributed by atoms with Gasteiger partial charge >= 0.3 is 11.9 Å². The van der Waals surface area contributed by atoms with Gasteiger partial charge in [-0.15, -0.1) is 0 Å². The molecular weight excluding hydrogens is 186 g/mol. The van der Waals surface area contributed by atoms with Crippen LogP contribution < -0.4 is 5.73 Å². The molecule has 0 unspecified atom stereocenters.